The molecule has 1 atom stereocenters. The smallest absolute Gasteiger partial charge is 0.278 e. The molecule has 1 amide bonds. The molecule has 28 heavy (non-hydrogen) atoms. The summed E-state index contributed by atoms with van der Waals surface area (Å²) in [6, 6.07) is 6.96. The monoisotopic (exact) mass is 401 g/mol. The molecule has 0 saturated carbocycles. The van der Waals surface area contributed by atoms with Crippen LogP contribution in [-0.4, -0.2) is 43.4 Å². The van der Waals surface area contributed by atoms with Gasteiger partial charge in [0.1, 0.15) is 5.75 Å². The minimum absolute atomic E-state index is 0.0860. The standard InChI is InChI=1S/C19H20ClN5O3/c1-11(27-14-6-4-13(20)5-7-14)19(26)25-9-8-16-15(10-25)17(22-24(16)3)18-21-12(2)23-28-18/h4-7,11H,8-10H2,1-3H3. The average Bonchev–Trinajstić information content (AvgIpc) is 3.26. The van der Waals surface area contributed by atoms with Gasteiger partial charge in [0, 0.05) is 42.8 Å². The van der Waals surface area contributed by atoms with Crippen LogP contribution in [0.3, 0.4) is 0 Å². The Morgan fingerprint density at radius 1 is 1.32 bits per heavy atom. The van der Waals surface area contributed by atoms with Crippen LogP contribution in [0.2, 0.25) is 5.02 Å². The molecule has 0 N–H and O–H groups in total. The van der Waals surface area contributed by atoms with Crippen LogP contribution in [0, 0.1) is 6.92 Å². The van der Waals surface area contributed by atoms with Gasteiger partial charge in [-0.05, 0) is 38.1 Å². The molecule has 1 aliphatic heterocycles. The van der Waals surface area contributed by atoms with Crippen LogP contribution >= 0.6 is 11.6 Å². The molecule has 0 radical (unpaired) electrons. The largest absolute Gasteiger partial charge is 0.481 e. The topological polar surface area (TPSA) is 86.3 Å². The Bertz CT molecular complexity index is 1010. The average molecular weight is 402 g/mol. The number of halogens is 1. The molecule has 9 heteroatoms. The van der Waals surface area contributed by atoms with E-state index in [1.54, 1.807) is 43.0 Å². The number of carbonyl (C=O) groups is 1. The summed E-state index contributed by atoms with van der Waals surface area (Å²) in [7, 11) is 1.88. The predicted octanol–water partition coefficient (Wildman–Crippen LogP) is 2.78. The number of ether oxygens (including phenoxy) is 1. The Kier molecular flexibility index (Phi) is 4.80. The summed E-state index contributed by atoms with van der Waals surface area (Å²) < 4.78 is 12.9. The normalized spacial score (nSPS) is 14.6. The van der Waals surface area contributed by atoms with Gasteiger partial charge in [-0.2, -0.15) is 10.1 Å². The zero-order chi connectivity index (χ0) is 19.8. The number of rotatable bonds is 4. The van der Waals surface area contributed by atoms with Crippen molar-refractivity contribution >= 4 is 17.5 Å². The molecule has 3 heterocycles. The molecule has 0 aliphatic carbocycles. The first-order valence-corrected chi connectivity index (χ1v) is 9.36. The van der Waals surface area contributed by atoms with Crippen LogP contribution in [0.25, 0.3) is 11.6 Å². The van der Waals surface area contributed by atoms with E-state index in [-0.39, 0.29) is 5.91 Å². The number of aromatic nitrogens is 4. The van der Waals surface area contributed by atoms with Gasteiger partial charge in [0.15, 0.2) is 17.6 Å². The first-order chi connectivity index (χ1) is 13.4. The lowest BCUT2D eigenvalue weighted by molar-refractivity contribution is -0.138. The lowest BCUT2D eigenvalue weighted by atomic mass is 10.0. The Morgan fingerprint density at radius 3 is 2.75 bits per heavy atom. The summed E-state index contributed by atoms with van der Waals surface area (Å²) in [5.41, 5.74) is 2.63. The Morgan fingerprint density at radius 2 is 2.07 bits per heavy atom. The third kappa shape index (κ3) is 3.47. The number of amides is 1. The van der Waals surface area contributed by atoms with Crippen LogP contribution in [0.4, 0.5) is 0 Å². The van der Waals surface area contributed by atoms with Crippen molar-refractivity contribution in [2.24, 2.45) is 7.05 Å². The van der Waals surface area contributed by atoms with Gasteiger partial charge in [0.25, 0.3) is 11.8 Å². The highest BCUT2D eigenvalue weighted by molar-refractivity contribution is 6.30. The summed E-state index contributed by atoms with van der Waals surface area (Å²) in [5, 5.41) is 8.99. The molecule has 8 nitrogen and oxygen atoms in total. The number of carbonyl (C=O) groups excluding carboxylic acids is 1. The van der Waals surface area contributed by atoms with E-state index in [0.717, 1.165) is 11.3 Å². The van der Waals surface area contributed by atoms with Gasteiger partial charge in [0.05, 0.1) is 0 Å². The van der Waals surface area contributed by atoms with E-state index < -0.39 is 6.10 Å². The van der Waals surface area contributed by atoms with Crippen molar-refractivity contribution in [3.05, 3.63) is 46.4 Å². The Balaban J connectivity index is 1.53. The molecule has 1 aliphatic rings. The minimum atomic E-state index is -0.617. The maximum absolute atomic E-state index is 12.9. The second kappa shape index (κ2) is 7.27. The van der Waals surface area contributed by atoms with Gasteiger partial charge >= 0.3 is 0 Å². The quantitative estimate of drug-likeness (QED) is 0.668. The van der Waals surface area contributed by atoms with Crippen molar-refractivity contribution in [2.75, 3.05) is 6.54 Å². The van der Waals surface area contributed by atoms with Crippen LogP contribution in [-0.2, 0) is 24.8 Å². The van der Waals surface area contributed by atoms with Crippen LogP contribution in [0.5, 0.6) is 5.75 Å². The van der Waals surface area contributed by atoms with E-state index >= 15 is 0 Å². The van der Waals surface area contributed by atoms with Crippen molar-refractivity contribution in [3.63, 3.8) is 0 Å². The summed E-state index contributed by atoms with van der Waals surface area (Å²) in [5.74, 6) is 1.43. The van der Waals surface area contributed by atoms with Crippen molar-refractivity contribution < 1.29 is 14.1 Å². The second-order valence-corrected chi connectivity index (χ2v) is 7.20. The molecule has 0 fully saturated rings. The SMILES string of the molecule is Cc1noc(-c2nn(C)c3c2CN(C(=O)C(C)Oc2ccc(Cl)cc2)CC3)n1. The van der Waals surface area contributed by atoms with E-state index in [1.807, 2.05) is 11.7 Å². The molecule has 3 aromatic rings. The molecule has 2 aromatic heterocycles. The highest BCUT2D eigenvalue weighted by Crippen LogP contribution is 2.29. The van der Waals surface area contributed by atoms with Crippen LogP contribution < -0.4 is 4.74 Å². The van der Waals surface area contributed by atoms with Crippen molar-refractivity contribution in [1.29, 1.82) is 0 Å². The summed E-state index contributed by atoms with van der Waals surface area (Å²) in [4.78, 5) is 19.0. The second-order valence-electron chi connectivity index (χ2n) is 6.77. The number of aryl methyl sites for hydroxylation is 2. The van der Waals surface area contributed by atoms with Gasteiger partial charge in [-0.3, -0.25) is 9.48 Å². The van der Waals surface area contributed by atoms with E-state index in [2.05, 4.69) is 15.2 Å². The van der Waals surface area contributed by atoms with Gasteiger partial charge < -0.3 is 14.2 Å². The molecule has 146 valence electrons. The summed E-state index contributed by atoms with van der Waals surface area (Å²) >= 11 is 5.89. The molecule has 1 unspecified atom stereocenters. The fourth-order valence-corrected chi connectivity index (χ4v) is 3.50. The molecular weight excluding hydrogens is 382 g/mol. The number of hydrogen-bond acceptors (Lipinski definition) is 6. The van der Waals surface area contributed by atoms with Gasteiger partial charge in [-0.1, -0.05) is 16.8 Å². The number of benzene rings is 1. The number of hydrogen-bond donors (Lipinski definition) is 0. The van der Waals surface area contributed by atoms with Crippen LogP contribution in [0.1, 0.15) is 24.0 Å². The molecular formula is C19H20ClN5O3. The van der Waals surface area contributed by atoms with Crippen molar-refractivity contribution in [1.82, 2.24) is 24.8 Å². The van der Waals surface area contributed by atoms with E-state index in [0.29, 0.717) is 47.7 Å². The van der Waals surface area contributed by atoms with E-state index in [9.17, 15) is 4.79 Å². The Hall–Kier alpha value is -2.87. The van der Waals surface area contributed by atoms with E-state index in [1.165, 1.54) is 0 Å². The zero-order valence-corrected chi connectivity index (χ0v) is 16.6. The molecule has 0 bridgehead atoms. The van der Waals surface area contributed by atoms with Crippen molar-refractivity contribution in [2.45, 2.75) is 32.9 Å². The maximum Gasteiger partial charge on any atom is 0.278 e. The third-order valence-corrected chi connectivity index (χ3v) is 5.01. The Labute approximate surface area is 167 Å². The molecule has 1 aromatic carbocycles. The third-order valence-electron chi connectivity index (χ3n) is 4.76. The molecule has 4 rings (SSSR count). The van der Waals surface area contributed by atoms with Gasteiger partial charge in [-0.15, -0.1) is 0 Å². The fraction of sp³-hybridized carbons (Fsp3) is 0.368. The predicted molar refractivity (Wildman–Crippen MR) is 102 cm³/mol. The minimum Gasteiger partial charge on any atom is -0.481 e. The molecule has 0 spiro atoms. The number of fused-ring (bicyclic) bond motifs is 1. The highest BCUT2D eigenvalue weighted by atomic mass is 35.5. The maximum atomic E-state index is 12.9. The van der Waals surface area contributed by atoms with Gasteiger partial charge in [-0.25, -0.2) is 0 Å². The lowest BCUT2D eigenvalue weighted by Crippen LogP contribution is -2.43. The van der Waals surface area contributed by atoms with E-state index in [4.69, 9.17) is 20.9 Å². The first kappa shape index (κ1) is 18.5. The fourth-order valence-electron chi connectivity index (χ4n) is 3.37. The first-order valence-electron chi connectivity index (χ1n) is 8.99. The summed E-state index contributed by atoms with van der Waals surface area (Å²) in [6.07, 6.45) is 0.0826. The molecule has 0 saturated heterocycles. The van der Waals surface area contributed by atoms with Crippen molar-refractivity contribution in [3.8, 4) is 17.3 Å². The summed E-state index contributed by atoms with van der Waals surface area (Å²) in [6.45, 7) is 4.53. The lowest BCUT2D eigenvalue weighted by Gasteiger charge is -2.29. The zero-order valence-electron chi connectivity index (χ0n) is 15.8. The highest BCUT2D eigenvalue weighted by Gasteiger charge is 2.31. The van der Waals surface area contributed by atoms with Gasteiger partial charge in [0.2, 0.25) is 0 Å². The van der Waals surface area contributed by atoms with Crippen LogP contribution in [0.15, 0.2) is 28.8 Å². The number of nitrogens with zero attached hydrogens (tertiary/aromatic N) is 5.